The Kier molecular flexibility index (Phi) is 2.54. The van der Waals surface area contributed by atoms with E-state index in [1.807, 2.05) is 0 Å². The van der Waals surface area contributed by atoms with Gasteiger partial charge in [0, 0.05) is 5.92 Å². The Labute approximate surface area is 77.9 Å². The summed E-state index contributed by atoms with van der Waals surface area (Å²) in [6.07, 6.45) is 5.24. The van der Waals surface area contributed by atoms with Gasteiger partial charge in [0.2, 0.25) is 0 Å². The number of rotatable bonds is 2. The summed E-state index contributed by atoms with van der Waals surface area (Å²) in [4.78, 5) is 0. The largest absolute Gasteiger partial charge is 0.309 e. The van der Waals surface area contributed by atoms with Gasteiger partial charge >= 0.3 is 0 Å². The molecule has 1 saturated heterocycles. The molecule has 0 aromatic carbocycles. The third kappa shape index (κ3) is 1.71. The highest BCUT2D eigenvalue weighted by Gasteiger charge is 2.48. The molecule has 0 spiro atoms. The summed E-state index contributed by atoms with van der Waals surface area (Å²) in [5, 5.41) is 2.83. The minimum Gasteiger partial charge on any atom is -0.309 e. The smallest absolute Gasteiger partial charge is 0.265 e. The molecule has 1 N–H and O–H groups in total. The van der Waals surface area contributed by atoms with E-state index >= 15 is 0 Å². The first kappa shape index (κ1) is 9.38. The average Bonchev–Trinajstić information content (AvgIpc) is 2.02. The monoisotopic (exact) mass is 189 g/mol. The second-order valence-electron chi connectivity index (χ2n) is 4.30. The molecule has 0 bridgehead atoms. The zero-order valence-electron chi connectivity index (χ0n) is 7.86. The van der Waals surface area contributed by atoms with E-state index in [-0.39, 0.29) is 5.92 Å². The lowest BCUT2D eigenvalue weighted by Crippen LogP contribution is -2.57. The molecule has 0 radical (unpaired) electrons. The number of alkyl halides is 2. The van der Waals surface area contributed by atoms with Crippen LogP contribution in [0.25, 0.3) is 0 Å². The molecule has 2 rings (SSSR count). The molecular weight excluding hydrogens is 172 g/mol. The number of hydrogen-bond donors (Lipinski definition) is 1. The maximum atomic E-state index is 13.7. The summed E-state index contributed by atoms with van der Waals surface area (Å²) < 4.78 is 27.4. The van der Waals surface area contributed by atoms with E-state index in [4.69, 9.17) is 0 Å². The molecule has 1 unspecified atom stereocenters. The van der Waals surface area contributed by atoms with Crippen molar-refractivity contribution in [3.05, 3.63) is 0 Å². The summed E-state index contributed by atoms with van der Waals surface area (Å²) in [6, 6.07) is -0.518. The van der Waals surface area contributed by atoms with Gasteiger partial charge < -0.3 is 5.32 Å². The molecule has 1 aliphatic carbocycles. The molecule has 1 atom stereocenters. The van der Waals surface area contributed by atoms with Crippen molar-refractivity contribution >= 4 is 0 Å². The van der Waals surface area contributed by atoms with Crippen LogP contribution in [0, 0.1) is 5.92 Å². The lowest BCUT2D eigenvalue weighted by atomic mass is 9.79. The summed E-state index contributed by atoms with van der Waals surface area (Å²) in [5.41, 5.74) is 0. The van der Waals surface area contributed by atoms with Gasteiger partial charge in [-0.2, -0.15) is 0 Å². The van der Waals surface area contributed by atoms with Crippen molar-refractivity contribution in [1.82, 2.24) is 5.32 Å². The first-order chi connectivity index (χ1) is 6.21. The summed E-state index contributed by atoms with van der Waals surface area (Å²) in [7, 11) is 0. The molecule has 1 nitrogen and oxygen atoms in total. The van der Waals surface area contributed by atoms with Crippen LogP contribution in [-0.4, -0.2) is 18.5 Å². The highest BCUT2D eigenvalue weighted by Crippen LogP contribution is 2.40. The molecule has 1 saturated carbocycles. The van der Waals surface area contributed by atoms with Crippen LogP contribution in [0.5, 0.6) is 0 Å². The molecular formula is C10H17F2N. The van der Waals surface area contributed by atoms with E-state index in [9.17, 15) is 8.78 Å². The van der Waals surface area contributed by atoms with Crippen LogP contribution < -0.4 is 5.32 Å². The zero-order valence-corrected chi connectivity index (χ0v) is 7.86. The van der Waals surface area contributed by atoms with E-state index in [2.05, 4.69) is 5.32 Å². The molecule has 3 heteroatoms. The zero-order chi connectivity index (χ0) is 9.31. The van der Waals surface area contributed by atoms with Crippen molar-refractivity contribution in [2.24, 2.45) is 5.92 Å². The highest BCUT2D eigenvalue weighted by atomic mass is 19.3. The number of halogens is 2. The second-order valence-corrected chi connectivity index (χ2v) is 4.30. The maximum Gasteiger partial charge on any atom is 0.265 e. The number of nitrogens with one attached hydrogen (secondary N) is 1. The fourth-order valence-electron chi connectivity index (χ4n) is 2.39. The Hall–Kier alpha value is -0.180. The Balaban J connectivity index is 1.94. The average molecular weight is 189 g/mol. The number of hydrogen-bond acceptors (Lipinski definition) is 1. The molecule has 0 aromatic rings. The summed E-state index contributed by atoms with van der Waals surface area (Å²) in [5.74, 6) is -2.79. The van der Waals surface area contributed by atoms with E-state index in [0.29, 0.717) is 6.42 Å². The normalized spacial score (nSPS) is 31.4. The van der Waals surface area contributed by atoms with Crippen LogP contribution in [0.3, 0.4) is 0 Å². The van der Waals surface area contributed by atoms with Crippen LogP contribution in [0.2, 0.25) is 0 Å². The van der Waals surface area contributed by atoms with Gasteiger partial charge in [-0.25, -0.2) is 8.78 Å². The second kappa shape index (κ2) is 3.52. The quantitative estimate of drug-likeness (QED) is 0.704. The van der Waals surface area contributed by atoms with E-state index in [1.54, 1.807) is 0 Å². The van der Waals surface area contributed by atoms with E-state index in [0.717, 1.165) is 38.6 Å². The van der Waals surface area contributed by atoms with Crippen molar-refractivity contribution in [2.75, 3.05) is 6.54 Å². The van der Waals surface area contributed by atoms with E-state index < -0.39 is 12.0 Å². The van der Waals surface area contributed by atoms with Crippen molar-refractivity contribution in [3.8, 4) is 0 Å². The first-order valence-corrected chi connectivity index (χ1v) is 5.32. The lowest BCUT2D eigenvalue weighted by molar-refractivity contribution is -0.116. The Morgan fingerprint density at radius 3 is 2.08 bits per heavy atom. The predicted molar refractivity (Wildman–Crippen MR) is 47.9 cm³/mol. The molecule has 2 aliphatic rings. The van der Waals surface area contributed by atoms with Gasteiger partial charge in [-0.15, -0.1) is 0 Å². The molecule has 1 aliphatic heterocycles. The topological polar surface area (TPSA) is 12.0 Å². The van der Waals surface area contributed by atoms with Crippen LogP contribution in [-0.2, 0) is 0 Å². The van der Waals surface area contributed by atoms with Gasteiger partial charge in [-0.3, -0.25) is 0 Å². The highest BCUT2D eigenvalue weighted by molar-refractivity contribution is 4.95. The van der Waals surface area contributed by atoms with Gasteiger partial charge in [0.15, 0.2) is 0 Å². The predicted octanol–water partition coefficient (Wildman–Crippen LogP) is 2.56. The Bertz CT molecular complexity index is 172. The van der Waals surface area contributed by atoms with Crippen LogP contribution in [0.1, 0.15) is 38.5 Å². The van der Waals surface area contributed by atoms with Crippen LogP contribution >= 0.6 is 0 Å². The van der Waals surface area contributed by atoms with Gasteiger partial charge in [0.25, 0.3) is 5.92 Å². The van der Waals surface area contributed by atoms with Gasteiger partial charge in [-0.1, -0.05) is 19.3 Å². The minimum absolute atomic E-state index is 0.348. The molecule has 0 aromatic heterocycles. The lowest BCUT2D eigenvalue weighted by Gasteiger charge is -2.40. The fourth-order valence-corrected chi connectivity index (χ4v) is 2.39. The molecule has 0 amide bonds. The van der Waals surface area contributed by atoms with Crippen molar-refractivity contribution in [3.63, 3.8) is 0 Å². The first-order valence-electron chi connectivity index (χ1n) is 5.32. The molecule has 2 fully saturated rings. The Morgan fingerprint density at radius 2 is 1.62 bits per heavy atom. The summed E-state index contributed by atoms with van der Waals surface area (Å²) in [6.45, 7) is 0.771. The van der Waals surface area contributed by atoms with Crippen LogP contribution in [0.15, 0.2) is 0 Å². The van der Waals surface area contributed by atoms with Crippen LogP contribution in [0.4, 0.5) is 8.78 Å². The van der Waals surface area contributed by atoms with Crippen molar-refractivity contribution < 1.29 is 8.78 Å². The van der Waals surface area contributed by atoms with Gasteiger partial charge in [-0.05, 0) is 25.8 Å². The third-order valence-corrected chi connectivity index (χ3v) is 3.44. The molecule has 1 heterocycles. The molecule has 13 heavy (non-hydrogen) atoms. The standard InChI is InChI=1S/C10H17F2N/c11-10(12,9-6-7-13-9)8-4-2-1-3-5-8/h8-9,13H,1-7H2. The SMILES string of the molecule is FC(F)(C1CCCCC1)C1CCN1. The van der Waals surface area contributed by atoms with Gasteiger partial charge in [0.1, 0.15) is 0 Å². The maximum absolute atomic E-state index is 13.7. The Morgan fingerprint density at radius 1 is 1.00 bits per heavy atom. The summed E-state index contributed by atoms with van der Waals surface area (Å²) >= 11 is 0. The van der Waals surface area contributed by atoms with E-state index in [1.165, 1.54) is 0 Å². The third-order valence-electron chi connectivity index (χ3n) is 3.44. The van der Waals surface area contributed by atoms with Crippen molar-refractivity contribution in [2.45, 2.75) is 50.5 Å². The molecule has 76 valence electrons. The van der Waals surface area contributed by atoms with Crippen molar-refractivity contribution in [1.29, 1.82) is 0 Å². The fraction of sp³-hybridized carbons (Fsp3) is 1.00. The minimum atomic E-state index is -2.45. The van der Waals surface area contributed by atoms with Gasteiger partial charge in [0.05, 0.1) is 6.04 Å².